The van der Waals surface area contributed by atoms with Crippen LogP contribution in [0.3, 0.4) is 0 Å². The maximum atomic E-state index is 12.0. The van der Waals surface area contributed by atoms with Gasteiger partial charge in [0.15, 0.2) is 6.61 Å². The summed E-state index contributed by atoms with van der Waals surface area (Å²) in [7, 11) is 0. The van der Waals surface area contributed by atoms with Gasteiger partial charge >= 0.3 is 12.2 Å². The van der Waals surface area contributed by atoms with Crippen LogP contribution in [0.15, 0.2) is 29.6 Å². The molecule has 0 spiro atoms. The molecular weight excluding hydrogens is 395 g/mol. The zero-order chi connectivity index (χ0) is 20.9. The monoisotopic (exact) mass is 415 g/mol. The van der Waals surface area contributed by atoms with Crippen molar-refractivity contribution in [1.29, 1.82) is 0 Å². The topological polar surface area (TPSA) is 80.3 Å². The number of benzene rings is 1. The molecule has 10 heteroatoms. The normalized spacial score (nSPS) is 11.8. The standard InChI is InChI=1S/C18H20F3N3O3S/c1-17(2,3)13-9-28-15(23-13)11-4-6-12(7-5-11)27-8-14(25)24-16(26)22-10-18(19,20)21/h4-7,9H,8,10H2,1-3H3,(H2,22,24,25,26). The van der Waals surface area contributed by atoms with Gasteiger partial charge < -0.3 is 10.1 Å². The van der Waals surface area contributed by atoms with E-state index in [0.29, 0.717) is 5.75 Å². The van der Waals surface area contributed by atoms with Crippen molar-refractivity contribution in [3.8, 4) is 16.3 Å². The highest BCUT2D eigenvalue weighted by atomic mass is 32.1. The smallest absolute Gasteiger partial charge is 0.405 e. The highest BCUT2D eigenvalue weighted by Crippen LogP contribution is 2.30. The minimum Gasteiger partial charge on any atom is -0.484 e. The van der Waals surface area contributed by atoms with Crippen LogP contribution in [0.5, 0.6) is 5.75 Å². The Balaban J connectivity index is 1.85. The fourth-order valence-corrected chi connectivity index (χ4v) is 3.03. The van der Waals surface area contributed by atoms with Crippen LogP contribution in [-0.2, 0) is 10.2 Å². The molecule has 0 aliphatic carbocycles. The molecule has 0 radical (unpaired) electrons. The first-order valence-electron chi connectivity index (χ1n) is 8.28. The van der Waals surface area contributed by atoms with E-state index in [1.54, 1.807) is 29.6 Å². The number of rotatable bonds is 5. The summed E-state index contributed by atoms with van der Waals surface area (Å²) in [6.45, 7) is 4.21. The molecule has 0 aliphatic rings. The first kappa shape index (κ1) is 21.7. The van der Waals surface area contributed by atoms with Crippen molar-refractivity contribution in [2.45, 2.75) is 32.4 Å². The number of hydrogen-bond acceptors (Lipinski definition) is 5. The molecule has 2 rings (SSSR count). The second-order valence-electron chi connectivity index (χ2n) is 6.95. The zero-order valence-corrected chi connectivity index (χ0v) is 16.3. The van der Waals surface area contributed by atoms with Crippen LogP contribution in [0.25, 0.3) is 10.6 Å². The van der Waals surface area contributed by atoms with E-state index in [1.165, 1.54) is 16.7 Å². The molecule has 0 bridgehead atoms. The molecule has 0 fully saturated rings. The number of nitrogens with one attached hydrogen (secondary N) is 2. The molecule has 2 aromatic rings. The van der Waals surface area contributed by atoms with Crippen molar-refractivity contribution in [1.82, 2.24) is 15.6 Å². The fraction of sp³-hybridized carbons (Fsp3) is 0.389. The number of hydrogen-bond donors (Lipinski definition) is 2. The minimum absolute atomic E-state index is 0.0441. The Kier molecular flexibility index (Phi) is 6.65. The Morgan fingerprint density at radius 2 is 1.79 bits per heavy atom. The average Bonchev–Trinajstić information content (AvgIpc) is 3.08. The number of carbonyl (C=O) groups excluding carboxylic acids is 2. The summed E-state index contributed by atoms with van der Waals surface area (Å²) in [6, 6.07) is 5.62. The molecule has 0 aliphatic heterocycles. The predicted octanol–water partition coefficient (Wildman–Crippen LogP) is 3.87. The molecule has 2 N–H and O–H groups in total. The Bertz CT molecular complexity index is 827. The van der Waals surface area contributed by atoms with E-state index in [2.05, 4.69) is 25.8 Å². The summed E-state index contributed by atoms with van der Waals surface area (Å²) in [5, 5.41) is 6.15. The Hall–Kier alpha value is -2.62. The number of urea groups is 1. The molecule has 1 heterocycles. The van der Waals surface area contributed by atoms with Gasteiger partial charge in [-0.15, -0.1) is 11.3 Å². The minimum atomic E-state index is -4.55. The number of nitrogens with zero attached hydrogens (tertiary/aromatic N) is 1. The highest BCUT2D eigenvalue weighted by Gasteiger charge is 2.28. The number of alkyl halides is 3. The van der Waals surface area contributed by atoms with Gasteiger partial charge in [-0.1, -0.05) is 20.8 Å². The van der Waals surface area contributed by atoms with Crippen LogP contribution in [0.4, 0.5) is 18.0 Å². The average molecular weight is 415 g/mol. The summed E-state index contributed by atoms with van der Waals surface area (Å²) < 4.78 is 41.2. The van der Waals surface area contributed by atoms with Crippen molar-refractivity contribution in [3.63, 3.8) is 0 Å². The van der Waals surface area contributed by atoms with Crippen LogP contribution >= 0.6 is 11.3 Å². The van der Waals surface area contributed by atoms with Gasteiger partial charge in [-0.05, 0) is 24.3 Å². The second-order valence-corrected chi connectivity index (χ2v) is 7.81. The van der Waals surface area contributed by atoms with E-state index < -0.39 is 31.3 Å². The number of aromatic nitrogens is 1. The third-order valence-electron chi connectivity index (χ3n) is 3.45. The van der Waals surface area contributed by atoms with Gasteiger partial charge in [-0.25, -0.2) is 9.78 Å². The van der Waals surface area contributed by atoms with Crippen molar-refractivity contribution in [2.24, 2.45) is 0 Å². The van der Waals surface area contributed by atoms with E-state index in [9.17, 15) is 22.8 Å². The second kappa shape index (κ2) is 8.59. The highest BCUT2D eigenvalue weighted by molar-refractivity contribution is 7.13. The van der Waals surface area contributed by atoms with E-state index in [1.807, 2.05) is 5.38 Å². The largest absolute Gasteiger partial charge is 0.484 e. The van der Waals surface area contributed by atoms with E-state index in [-0.39, 0.29) is 5.41 Å². The summed E-state index contributed by atoms with van der Waals surface area (Å²) in [5.74, 6) is -0.485. The molecule has 0 saturated heterocycles. The lowest BCUT2D eigenvalue weighted by Gasteiger charge is -2.14. The van der Waals surface area contributed by atoms with Crippen LogP contribution < -0.4 is 15.4 Å². The summed E-state index contributed by atoms with van der Waals surface area (Å²) in [4.78, 5) is 27.3. The summed E-state index contributed by atoms with van der Waals surface area (Å²) in [6.07, 6.45) is -4.55. The number of imide groups is 1. The SMILES string of the molecule is CC(C)(C)c1csc(-c2ccc(OCC(=O)NC(=O)NCC(F)(F)F)cc2)n1. The molecule has 0 saturated carbocycles. The maximum absolute atomic E-state index is 12.0. The fourth-order valence-electron chi connectivity index (χ4n) is 1.98. The molecule has 1 aromatic heterocycles. The number of carbonyl (C=O) groups is 2. The Labute approximate surface area is 164 Å². The van der Waals surface area contributed by atoms with Crippen LogP contribution in [0.2, 0.25) is 0 Å². The molecule has 3 amide bonds. The number of amides is 3. The molecule has 0 unspecified atom stereocenters. The lowest BCUT2D eigenvalue weighted by Crippen LogP contribution is -2.44. The molecule has 1 aromatic carbocycles. The van der Waals surface area contributed by atoms with Crippen LogP contribution in [0.1, 0.15) is 26.5 Å². The maximum Gasteiger partial charge on any atom is 0.405 e. The van der Waals surface area contributed by atoms with Gasteiger partial charge in [0.2, 0.25) is 0 Å². The van der Waals surface area contributed by atoms with Crippen molar-refractivity contribution in [2.75, 3.05) is 13.2 Å². The Morgan fingerprint density at radius 1 is 1.14 bits per heavy atom. The number of halogens is 3. The van der Waals surface area contributed by atoms with Gasteiger partial charge in [-0.2, -0.15) is 13.2 Å². The van der Waals surface area contributed by atoms with Gasteiger partial charge in [0.25, 0.3) is 5.91 Å². The molecule has 152 valence electrons. The van der Waals surface area contributed by atoms with Gasteiger partial charge in [-0.3, -0.25) is 10.1 Å². The summed E-state index contributed by atoms with van der Waals surface area (Å²) >= 11 is 1.53. The molecule has 0 atom stereocenters. The molecule has 28 heavy (non-hydrogen) atoms. The van der Waals surface area contributed by atoms with E-state index in [0.717, 1.165) is 16.3 Å². The Morgan fingerprint density at radius 3 is 2.32 bits per heavy atom. The zero-order valence-electron chi connectivity index (χ0n) is 15.5. The third-order valence-corrected chi connectivity index (χ3v) is 4.34. The predicted molar refractivity (Wildman–Crippen MR) is 99.3 cm³/mol. The lowest BCUT2D eigenvalue weighted by molar-refractivity contribution is -0.125. The lowest BCUT2D eigenvalue weighted by atomic mass is 9.93. The third kappa shape index (κ3) is 6.84. The van der Waals surface area contributed by atoms with Crippen molar-refractivity contribution < 1.29 is 27.5 Å². The number of ether oxygens (including phenoxy) is 1. The van der Waals surface area contributed by atoms with Crippen molar-refractivity contribution in [3.05, 3.63) is 35.3 Å². The molecule has 6 nitrogen and oxygen atoms in total. The van der Waals surface area contributed by atoms with Crippen molar-refractivity contribution >= 4 is 23.3 Å². The van der Waals surface area contributed by atoms with Crippen LogP contribution in [-0.4, -0.2) is 36.3 Å². The van der Waals surface area contributed by atoms with Gasteiger partial charge in [0.05, 0.1) is 5.69 Å². The quantitative estimate of drug-likeness (QED) is 0.777. The first-order valence-corrected chi connectivity index (χ1v) is 9.16. The van der Waals surface area contributed by atoms with Gasteiger partial charge in [0.1, 0.15) is 17.3 Å². The van der Waals surface area contributed by atoms with E-state index in [4.69, 9.17) is 4.74 Å². The van der Waals surface area contributed by atoms with Gasteiger partial charge in [0, 0.05) is 16.4 Å². The molecular formula is C18H20F3N3O3S. The first-order chi connectivity index (χ1) is 12.9. The van der Waals surface area contributed by atoms with E-state index >= 15 is 0 Å². The number of thiazole rings is 1. The summed E-state index contributed by atoms with van der Waals surface area (Å²) in [5.41, 5.74) is 1.84. The van der Waals surface area contributed by atoms with Crippen LogP contribution in [0, 0.1) is 0 Å².